The number of thioether (sulfide) groups is 1. The van der Waals surface area contributed by atoms with Crippen LogP contribution in [0.3, 0.4) is 0 Å². The minimum absolute atomic E-state index is 0.232. The van der Waals surface area contributed by atoms with Gasteiger partial charge in [-0.2, -0.15) is 0 Å². The molecule has 0 bridgehead atoms. The third-order valence-corrected chi connectivity index (χ3v) is 8.82. The zero-order chi connectivity index (χ0) is 28.7. The summed E-state index contributed by atoms with van der Waals surface area (Å²) in [5.41, 5.74) is 4.19. The van der Waals surface area contributed by atoms with Gasteiger partial charge in [-0.25, -0.2) is 9.37 Å². The zero-order valence-electron chi connectivity index (χ0n) is 22.7. The number of halogens is 1. The molecule has 0 saturated carbocycles. The molecule has 41 heavy (non-hydrogen) atoms. The Morgan fingerprint density at radius 1 is 0.951 bits per heavy atom. The molecule has 0 N–H and O–H groups in total. The summed E-state index contributed by atoms with van der Waals surface area (Å²) in [4.78, 5) is 38.3. The van der Waals surface area contributed by atoms with Gasteiger partial charge in [-0.3, -0.25) is 18.9 Å². The van der Waals surface area contributed by atoms with Crippen LogP contribution >= 0.6 is 24.0 Å². The predicted molar refractivity (Wildman–Crippen MR) is 167 cm³/mol. The first-order chi connectivity index (χ1) is 19.8. The second-order valence-corrected chi connectivity index (χ2v) is 11.9. The van der Waals surface area contributed by atoms with Gasteiger partial charge < -0.3 is 9.80 Å². The molecule has 2 aliphatic rings. The molecule has 4 heterocycles. The Labute approximate surface area is 246 Å². The Kier molecular flexibility index (Phi) is 7.35. The van der Waals surface area contributed by atoms with E-state index in [2.05, 4.69) is 0 Å². The lowest BCUT2D eigenvalue weighted by molar-refractivity contribution is -0.122. The quantitative estimate of drug-likeness (QED) is 0.236. The summed E-state index contributed by atoms with van der Waals surface area (Å²) in [6, 6.07) is 18.4. The lowest BCUT2D eigenvalue weighted by Crippen LogP contribution is -2.47. The number of hydrogen-bond acceptors (Lipinski definition) is 7. The van der Waals surface area contributed by atoms with Gasteiger partial charge in [0.25, 0.3) is 11.5 Å². The number of piperazine rings is 1. The summed E-state index contributed by atoms with van der Waals surface area (Å²) in [7, 11) is 0. The van der Waals surface area contributed by atoms with E-state index in [9.17, 15) is 14.0 Å². The van der Waals surface area contributed by atoms with E-state index >= 15 is 0 Å². The Morgan fingerprint density at radius 3 is 2.39 bits per heavy atom. The minimum Gasteiger partial charge on any atom is -0.366 e. The van der Waals surface area contributed by atoms with Crippen molar-refractivity contribution in [3.63, 3.8) is 0 Å². The number of para-hydroxylation sites is 1. The molecule has 0 spiro atoms. The van der Waals surface area contributed by atoms with Crippen LogP contribution in [-0.2, 0) is 11.3 Å². The highest BCUT2D eigenvalue weighted by Gasteiger charge is 2.33. The lowest BCUT2D eigenvalue weighted by Gasteiger charge is -2.37. The second kappa shape index (κ2) is 11.1. The molecule has 2 aliphatic heterocycles. The molecule has 2 saturated heterocycles. The highest BCUT2D eigenvalue weighted by molar-refractivity contribution is 8.26. The van der Waals surface area contributed by atoms with E-state index in [0.717, 1.165) is 16.7 Å². The molecule has 0 aliphatic carbocycles. The number of anilines is 2. The highest BCUT2D eigenvalue weighted by atomic mass is 32.2. The number of aromatic nitrogens is 2. The summed E-state index contributed by atoms with van der Waals surface area (Å²) in [5, 5.41) is 0. The van der Waals surface area contributed by atoms with Crippen molar-refractivity contribution in [2.45, 2.75) is 20.4 Å². The number of fused-ring (bicyclic) bond motifs is 1. The number of hydrogen-bond donors (Lipinski definition) is 0. The van der Waals surface area contributed by atoms with Crippen LogP contribution in [0.2, 0.25) is 0 Å². The van der Waals surface area contributed by atoms with E-state index in [4.69, 9.17) is 17.2 Å². The standard InChI is InChI=1S/C31H28FN5O2S2/c1-20-9-11-22(12-10-20)19-37-30(39)26(41-31(37)40)18-23-28(33-27-21(2)6-5-13-36(27)29(23)38)35-16-14-34(15-17-35)25-8-4-3-7-24(25)32/h3-13,18H,14-17,19H2,1-2H3. The number of rotatable bonds is 5. The largest absolute Gasteiger partial charge is 0.366 e. The van der Waals surface area contributed by atoms with E-state index in [-0.39, 0.29) is 17.3 Å². The van der Waals surface area contributed by atoms with Crippen molar-refractivity contribution in [2.75, 3.05) is 36.0 Å². The van der Waals surface area contributed by atoms with Gasteiger partial charge in [-0.1, -0.05) is 72.0 Å². The van der Waals surface area contributed by atoms with E-state index in [1.165, 1.54) is 22.2 Å². The molecule has 6 rings (SSSR count). The van der Waals surface area contributed by atoms with Crippen LogP contribution < -0.4 is 15.4 Å². The summed E-state index contributed by atoms with van der Waals surface area (Å²) in [6.45, 7) is 6.50. The maximum absolute atomic E-state index is 14.4. The van der Waals surface area contributed by atoms with Crippen molar-refractivity contribution < 1.29 is 9.18 Å². The molecule has 7 nitrogen and oxygen atoms in total. The van der Waals surface area contributed by atoms with Crippen LogP contribution in [0.15, 0.2) is 76.6 Å². The molecule has 0 atom stereocenters. The van der Waals surface area contributed by atoms with Gasteiger partial charge in [0.05, 0.1) is 22.7 Å². The Hall–Kier alpha value is -4.02. The molecule has 208 valence electrons. The molecular weight excluding hydrogens is 558 g/mol. The third-order valence-electron chi connectivity index (χ3n) is 7.45. The maximum Gasteiger partial charge on any atom is 0.267 e. The fourth-order valence-electron chi connectivity index (χ4n) is 5.18. The van der Waals surface area contributed by atoms with E-state index in [1.807, 2.05) is 66.1 Å². The van der Waals surface area contributed by atoms with Crippen LogP contribution in [0.1, 0.15) is 22.3 Å². The molecule has 10 heteroatoms. The first-order valence-electron chi connectivity index (χ1n) is 13.4. The number of thiocarbonyl (C=S) groups is 1. The summed E-state index contributed by atoms with van der Waals surface area (Å²) >= 11 is 6.77. The van der Waals surface area contributed by atoms with Crippen molar-refractivity contribution in [3.05, 3.63) is 110 Å². The number of aryl methyl sites for hydroxylation is 2. The average molecular weight is 586 g/mol. The van der Waals surface area contributed by atoms with Gasteiger partial charge in [-0.05, 0) is 49.2 Å². The second-order valence-electron chi connectivity index (χ2n) is 10.2. The smallest absolute Gasteiger partial charge is 0.267 e. The van der Waals surface area contributed by atoms with Gasteiger partial charge in [0.15, 0.2) is 0 Å². The first kappa shape index (κ1) is 27.2. The molecule has 2 aromatic carbocycles. The topological polar surface area (TPSA) is 61.2 Å². The van der Waals surface area contributed by atoms with E-state index < -0.39 is 0 Å². The van der Waals surface area contributed by atoms with E-state index in [0.29, 0.717) is 64.7 Å². The SMILES string of the molecule is Cc1ccc(CN2C(=O)C(=Cc3c(N4CCN(c5ccccc5F)CC4)nc4c(C)cccn4c3=O)SC2=S)cc1. The summed E-state index contributed by atoms with van der Waals surface area (Å²) in [6.07, 6.45) is 3.33. The summed E-state index contributed by atoms with van der Waals surface area (Å²) in [5.74, 6) is 0.0259. The minimum atomic E-state index is -0.257. The van der Waals surface area contributed by atoms with E-state index in [1.54, 1.807) is 29.3 Å². The third kappa shape index (κ3) is 5.25. The van der Waals surface area contributed by atoms with Crippen LogP contribution in [0.25, 0.3) is 11.7 Å². The van der Waals surface area contributed by atoms with Crippen molar-refractivity contribution in [1.82, 2.24) is 14.3 Å². The number of nitrogens with zero attached hydrogens (tertiary/aromatic N) is 5. The predicted octanol–water partition coefficient (Wildman–Crippen LogP) is 5.18. The number of benzene rings is 2. The van der Waals surface area contributed by atoms with Gasteiger partial charge in [-0.15, -0.1) is 0 Å². The van der Waals surface area contributed by atoms with Crippen molar-refractivity contribution in [3.8, 4) is 0 Å². The molecule has 2 fully saturated rings. The lowest BCUT2D eigenvalue weighted by atomic mass is 10.1. The van der Waals surface area contributed by atoms with Crippen molar-refractivity contribution >= 4 is 57.4 Å². The van der Waals surface area contributed by atoms with Crippen molar-refractivity contribution in [1.29, 1.82) is 0 Å². The van der Waals surface area contributed by atoms with Crippen LogP contribution in [0, 0.1) is 19.7 Å². The van der Waals surface area contributed by atoms with Crippen LogP contribution in [0.5, 0.6) is 0 Å². The van der Waals surface area contributed by atoms with Gasteiger partial charge in [0, 0.05) is 32.4 Å². The average Bonchev–Trinajstić information content (AvgIpc) is 3.23. The Bertz CT molecular complexity index is 1760. The number of carbonyl (C=O) groups excluding carboxylic acids is 1. The molecular formula is C31H28FN5O2S2. The van der Waals surface area contributed by atoms with Gasteiger partial charge in [0.2, 0.25) is 0 Å². The highest BCUT2D eigenvalue weighted by Crippen LogP contribution is 2.35. The molecule has 4 aromatic rings. The molecule has 0 radical (unpaired) electrons. The number of pyridine rings is 1. The summed E-state index contributed by atoms with van der Waals surface area (Å²) < 4.78 is 16.4. The monoisotopic (exact) mass is 585 g/mol. The molecule has 2 aromatic heterocycles. The number of amides is 1. The zero-order valence-corrected chi connectivity index (χ0v) is 24.3. The van der Waals surface area contributed by atoms with Gasteiger partial charge in [0.1, 0.15) is 21.6 Å². The van der Waals surface area contributed by atoms with Crippen LogP contribution in [0.4, 0.5) is 15.9 Å². The fraction of sp³-hybridized carbons (Fsp3) is 0.226. The van der Waals surface area contributed by atoms with Crippen LogP contribution in [-0.4, -0.2) is 50.7 Å². The fourth-order valence-corrected chi connectivity index (χ4v) is 6.42. The Morgan fingerprint density at radius 2 is 1.66 bits per heavy atom. The normalized spacial score (nSPS) is 16.9. The molecule has 1 amide bonds. The maximum atomic E-state index is 14.4. The molecule has 0 unspecified atom stereocenters. The Balaban J connectivity index is 1.35. The van der Waals surface area contributed by atoms with Crippen molar-refractivity contribution in [2.24, 2.45) is 0 Å². The first-order valence-corrected chi connectivity index (χ1v) is 14.6. The van der Waals surface area contributed by atoms with Gasteiger partial charge >= 0.3 is 0 Å². The number of carbonyl (C=O) groups is 1.